The summed E-state index contributed by atoms with van der Waals surface area (Å²) in [5.41, 5.74) is 1.44. The number of nitrogens with zero attached hydrogens (tertiary/aromatic N) is 1. The molecular weight excluding hydrogens is 257 g/mol. The summed E-state index contributed by atoms with van der Waals surface area (Å²) >= 11 is 0. The summed E-state index contributed by atoms with van der Waals surface area (Å²) in [6.07, 6.45) is 2.50. The van der Waals surface area contributed by atoms with E-state index in [0.29, 0.717) is 12.2 Å². The lowest BCUT2D eigenvalue weighted by molar-refractivity contribution is -0.115. The van der Waals surface area contributed by atoms with Crippen molar-refractivity contribution in [3.8, 4) is 0 Å². The molecule has 1 aromatic heterocycles. The van der Waals surface area contributed by atoms with Gasteiger partial charge in [-0.15, -0.1) is 0 Å². The number of hydrogen-bond acceptors (Lipinski definition) is 3. The quantitative estimate of drug-likeness (QED) is 0.791. The van der Waals surface area contributed by atoms with Crippen LogP contribution in [0.1, 0.15) is 5.69 Å². The predicted octanol–water partition coefficient (Wildman–Crippen LogP) is 1.99. The van der Waals surface area contributed by atoms with Crippen LogP contribution in [0.15, 0.2) is 48.7 Å². The summed E-state index contributed by atoms with van der Waals surface area (Å²) in [5, 5.41) is 5.65. The first-order valence-electron chi connectivity index (χ1n) is 6.40. The Morgan fingerprint density at radius 2 is 2.10 bits per heavy atom. The third-order valence-corrected chi connectivity index (χ3v) is 2.68. The van der Waals surface area contributed by atoms with Crippen molar-refractivity contribution in [1.29, 1.82) is 0 Å². The number of anilines is 1. The molecule has 0 atom stereocenters. The molecule has 2 N–H and O–H groups in total. The average molecular weight is 273 g/mol. The molecule has 2 aromatic rings. The molecule has 1 heterocycles. The van der Waals surface area contributed by atoms with Crippen molar-refractivity contribution in [3.05, 3.63) is 60.2 Å². The molecule has 4 nitrogen and oxygen atoms in total. The monoisotopic (exact) mass is 273 g/mol. The molecule has 0 bridgehead atoms. The van der Waals surface area contributed by atoms with Gasteiger partial charge in [0.05, 0.1) is 6.54 Å². The number of carbonyl (C=O) groups excluding carboxylic acids is 1. The van der Waals surface area contributed by atoms with Crippen LogP contribution in [0.3, 0.4) is 0 Å². The smallest absolute Gasteiger partial charge is 0.238 e. The van der Waals surface area contributed by atoms with Gasteiger partial charge in [-0.05, 0) is 30.3 Å². The molecule has 0 spiro atoms. The number of benzene rings is 1. The molecule has 1 amide bonds. The Morgan fingerprint density at radius 3 is 2.85 bits per heavy atom. The molecular formula is C15H16FN3O. The second-order valence-corrected chi connectivity index (χ2v) is 4.31. The fraction of sp³-hybridized carbons (Fsp3) is 0.200. The molecule has 0 unspecified atom stereocenters. The summed E-state index contributed by atoms with van der Waals surface area (Å²) in [5.74, 6) is -0.567. The highest BCUT2D eigenvalue weighted by Gasteiger charge is 2.02. The van der Waals surface area contributed by atoms with Crippen molar-refractivity contribution >= 4 is 11.6 Å². The van der Waals surface area contributed by atoms with E-state index in [9.17, 15) is 9.18 Å². The fourth-order valence-electron chi connectivity index (χ4n) is 1.74. The van der Waals surface area contributed by atoms with E-state index in [1.807, 2.05) is 18.2 Å². The van der Waals surface area contributed by atoms with E-state index >= 15 is 0 Å². The van der Waals surface area contributed by atoms with Crippen LogP contribution in [0.5, 0.6) is 0 Å². The van der Waals surface area contributed by atoms with Gasteiger partial charge < -0.3 is 10.6 Å². The zero-order valence-electron chi connectivity index (χ0n) is 11.0. The Morgan fingerprint density at radius 1 is 1.20 bits per heavy atom. The first-order valence-corrected chi connectivity index (χ1v) is 6.40. The maximum Gasteiger partial charge on any atom is 0.238 e. The third-order valence-electron chi connectivity index (χ3n) is 2.68. The largest absolute Gasteiger partial charge is 0.325 e. The van der Waals surface area contributed by atoms with Gasteiger partial charge >= 0.3 is 0 Å². The Balaban J connectivity index is 1.68. The minimum absolute atomic E-state index is 0.184. The summed E-state index contributed by atoms with van der Waals surface area (Å²) in [6.45, 7) is 0.844. The minimum Gasteiger partial charge on any atom is -0.325 e. The summed E-state index contributed by atoms with van der Waals surface area (Å²) in [6, 6.07) is 11.6. The van der Waals surface area contributed by atoms with Crippen LogP contribution < -0.4 is 10.6 Å². The van der Waals surface area contributed by atoms with Crippen molar-refractivity contribution < 1.29 is 9.18 Å². The van der Waals surface area contributed by atoms with Gasteiger partial charge in [-0.25, -0.2) is 4.39 Å². The number of pyridine rings is 1. The molecule has 0 radical (unpaired) electrons. The number of aromatic nitrogens is 1. The Bertz CT molecular complexity index is 560. The van der Waals surface area contributed by atoms with Gasteiger partial charge in [0.15, 0.2) is 0 Å². The van der Waals surface area contributed by atoms with Crippen LogP contribution in [0.25, 0.3) is 0 Å². The van der Waals surface area contributed by atoms with Crippen LogP contribution in [-0.4, -0.2) is 24.0 Å². The van der Waals surface area contributed by atoms with E-state index in [4.69, 9.17) is 0 Å². The zero-order chi connectivity index (χ0) is 14.2. The van der Waals surface area contributed by atoms with Crippen molar-refractivity contribution in [3.63, 3.8) is 0 Å². The lowest BCUT2D eigenvalue weighted by Crippen LogP contribution is -2.29. The molecule has 0 fully saturated rings. The van der Waals surface area contributed by atoms with Crippen LogP contribution in [0.4, 0.5) is 10.1 Å². The molecule has 0 saturated carbocycles. The summed E-state index contributed by atoms with van der Waals surface area (Å²) < 4.78 is 12.9. The van der Waals surface area contributed by atoms with Crippen LogP contribution >= 0.6 is 0 Å². The van der Waals surface area contributed by atoms with Gasteiger partial charge in [0.2, 0.25) is 5.91 Å². The summed E-state index contributed by atoms with van der Waals surface area (Å²) in [7, 11) is 0. The number of carbonyl (C=O) groups is 1. The van der Waals surface area contributed by atoms with Gasteiger partial charge in [-0.2, -0.15) is 0 Å². The maximum atomic E-state index is 12.9. The molecule has 2 rings (SSSR count). The number of rotatable bonds is 6. The maximum absolute atomic E-state index is 12.9. The van der Waals surface area contributed by atoms with Crippen molar-refractivity contribution in [2.75, 3.05) is 18.4 Å². The molecule has 0 aliphatic heterocycles. The molecule has 20 heavy (non-hydrogen) atoms. The van der Waals surface area contributed by atoms with Crippen LogP contribution in [0, 0.1) is 5.82 Å². The fourth-order valence-corrected chi connectivity index (χ4v) is 1.74. The van der Waals surface area contributed by atoms with Gasteiger partial charge in [0, 0.05) is 30.5 Å². The van der Waals surface area contributed by atoms with Crippen LogP contribution in [0.2, 0.25) is 0 Å². The Kier molecular flexibility index (Phi) is 5.20. The Hall–Kier alpha value is -2.27. The van der Waals surface area contributed by atoms with Crippen molar-refractivity contribution in [1.82, 2.24) is 10.3 Å². The van der Waals surface area contributed by atoms with Gasteiger partial charge in [-0.3, -0.25) is 9.78 Å². The first-order chi connectivity index (χ1) is 9.74. The van der Waals surface area contributed by atoms with Crippen molar-refractivity contribution in [2.45, 2.75) is 6.42 Å². The van der Waals surface area contributed by atoms with Crippen LogP contribution in [-0.2, 0) is 11.2 Å². The lowest BCUT2D eigenvalue weighted by atomic mass is 10.3. The molecule has 5 heteroatoms. The highest BCUT2D eigenvalue weighted by atomic mass is 19.1. The van der Waals surface area contributed by atoms with E-state index in [1.165, 1.54) is 12.1 Å². The number of amides is 1. The second kappa shape index (κ2) is 7.35. The predicted molar refractivity (Wildman–Crippen MR) is 75.8 cm³/mol. The van der Waals surface area contributed by atoms with Gasteiger partial charge in [0.1, 0.15) is 5.82 Å². The molecule has 0 aliphatic rings. The second-order valence-electron chi connectivity index (χ2n) is 4.31. The van der Waals surface area contributed by atoms with Gasteiger partial charge in [-0.1, -0.05) is 12.1 Å². The zero-order valence-corrected chi connectivity index (χ0v) is 11.0. The van der Waals surface area contributed by atoms with E-state index in [1.54, 1.807) is 18.3 Å². The Labute approximate surface area is 117 Å². The first kappa shape index (κ1) is 14.1. The third kappa shape index (κ3) is 4.78. The molecule has 1 aromatic carbocycles. The number of hydrogen-bond donors (Lipinski definition) is 2. The molecule has 104 valence electrons. The molecule has 0 aliphatic carbocycles. The molecule has 0 saturated heterocycles. The topological polar surface area (TPSA) is 54.0 Å². The number of halogens is 1. The van der Waals surface area contributed by atoms with Crippen molar-refractivity contribution in [2.24, 2.45) is 0 Å². The highest BCUT2D eigenvalue weighted by molar-refractivity contribution is 5.92. The van der Waals surface area contributed by atoms with E-state index < -0.39 is 0 Å². The van der Waals surface area contributed by atoms with E-state index in [2.05, 4.69) is 15.6 Å². The SMILES string of the molecule is O=C(CNCCc1ccccn1)Nc1cccc(F)c1. The average Bonchev–Trinajstić information content (AvgIpc) is 2.45. The minimum atomic E-state index is -0.370. The van der Waals surface area contributed by atoms with E-state index in [-0.39, 0.29) is 18.3 Å². The number of nitrogens with one attached hydrogen (secondary N) is 2. The van der Waals surface area contributed by atoms with E-state index in [0.717, 1.165) is 12.1 Å². The van der Waals surface area contributed by atoms with Gasteiger partial charge in [0.25, 0.3) is 0 Å². The normalized spacial score (nSPS) is 10.2. The standard InChI is InChI=1S/C15H16FN3O/c16-12-4-3-6-14(10-12)19-15(20)11-17-9-7-13-5-1-2-8-18-13/h1-6,8,10,17H,7,9,11H2,(H,19,20). The lowest BCUT2D eigenvalue weighted by Gasteiger charge is -2.06. The summed E-state index contributed by atoms with van der Waals surface area (Å²) in [4.78, 5) is 15.8. The highest BCUT2D eigenvalue weighted by Crippen LogP contribution is 2.08.